The van der Waals surface area contributed by atoms with Crippen LogP contribution in [-0.2, 0) is 16.0 Å². The van der Waals surface area contributed by atoms with Crippen LogP contribution in [0.2, 0.25) is 0 Å². The number of thioether (sulfide) groups is 1. The SMILES string of the molecule is CC[C@@H]1S/C(=C(\C#N)C(=O)NCCc2ccccc2)N(c2ccc(F)cc2)C1=O. The van der Waals surface area contributed by atoms with Gasteiger partial charge in [-0.2, -0.15) is 5.26 Å². The van der Waals surface area contributed by atoms with Crippen LogP contribution < -0.4 is 10.2 Å². The molecule has 1 heterocycles. The van der Waals surface area contributed by atoms with Crippen LogP contribution in [-0.4, -0.2) is 23.6 Å². The van der Waals surface area contributed by atoms with Gasteiger partial charge in [0.1, 0.15) is 22.5 Å². The molecule has 1 fully saturated rings. The number of amides is 2. The van der Waals surface area contributed by atoms with Crippen molar-refractivity contribution in [3.05, 3.63) is 76.6 Å². The highest BCUT2D eigenvalue weighted by molar-refractivity contribution is 8.05. The number of hydrogen-bond donors (Lipinski definition) is 1. The summed E-state index contributed by atoms with van der Waals surface area (Å²) < 4.78 is 13.3. The van der Waals surface area contributed by atoms with Gasteiger partial charge in [-0.15, -0.1) is 0 Å². The summed E-state index contributed by atoms with van der Waals surface area (Å²) in [5, 5.41) is 12.3. The van der Waals surface area contributed by atoms with Crippen molar-refractivity contribution < 1.29 is 14.0 Å². The van der Waals surface area contributed by atoms with E-state index >= 15 is 0 Å². The molecule has 2 aromatic carbocycles. The topological polar surface area (TPSA) is 73.2 Å². The Hall–Kier alpha value is -3.11. The minimum absolute atomic E-state index is 0.114. The van der Waals surface area contributed by atoms with Gasteiger partial charge in [-0.3, -0.25) is 14.5 Å². The van der Waals surface area contributed by atoms with Gasteiger partial charge in [0.2, 0.25) is 5.91 Å². The van der Waals surface area contributed by atoms with E-state index in [1.165, 1.54) is 40.9 Å². The molecule has 0 aliphatic carbocycles. The number of nitriles is 1. The monoisotopic (exact) mass is 409 g/mol. The number of nitrogens with one attached hydrogen (secondary N) is 1. The van der Waals surface area contributed by atoms with Crippen molar-refractivity contribution in [1.82, 2.24) is 5.32 Å². The molecule has 1 atom stereocenters. The Morgan fingerprint density at radius 2 is 1.90 bits per heavy atom. The molecule has 0 unspecified atom stereocenters. The van der Waals surface area contributed by atoms with Gasteiger partial charge in [-0.1, -0.05) is 49.0 Å². The number of nitrogens with zero attached hydrogens (tertiary/aromatic N) is 2. The third-order valence-corrected chi connectivity index (χ3v) is 5.93. The van der Waals surface area contributed by atoms with Gasteiger partial charge < -0.3 is 5.32 Å². The number of rotatable bonds is 6. The van der Waals surface area contributed by atoms with Gasteiger partial charge >= 0.3 is 0 Å². The van der Waals surface area contributed by atoms with Crippen LogP contribution in [0.15, 0.2) is 65.2 Å². The van der Waals surface area contributed by atoms with Crippen LogP contribution in [0.25, 0.3) is 0 Å². The summed E-state index contributed by atoms with van der Waals surface area (Å²) in [6.45, 7) is 2.24. The Kier molecular flexibility index (Phi) is 6.68. The van der Waals surface area contributed by atoms with Crippen molar-refractivity contribution in [2.75, 3.05) is 11.4 Å². The zero-order chi connectivity index (χ0) is 20.8. The molecule has 1 aliphatic rings. The summed E-state index contributed by atoms with van der Waals surface area (Å²) in [4.78, 5) is 26.8. The molecule has 7 heteroatoms. The summed E-state index contributed by atoms with van der Waals surface area (Å²) in [5.41, 5.74) is 1.39. The third kappa shape index (κ3) is 4.66. The predicted molar refractivity (Wildman–Crippen MR) is 111 cm³/mol. The highest BCUT2D eigenvalue weighted by Crippen LogP contribution is 2.41. The van der Waals surface area contributed by atoms with Crippen molar-refractivity contribution >= 4 is 29.3 Å². The van der Waals surface area contributed by atoms with Crippen LogP contribution in [0.5, 0.6) is 0 Å². The first-order valence-electron chi connectivity index (χ1n) is 9.27. The number of carbonyl (C=O) groups is 2. The highest BCUT2D eigenvalue weighted by Gasteiger charge is 2.39. The van der Waals surface area contributed by atoms with Gasteiger partial charge in [0.05, 0.1) is 5.25 Å². The molecule has 1 aliphatic heterocycles. The molecule has 0 bridgehead atoms. The second-order valence-corrected chi connectivity index (χ2v) is 7.64. The van der Waals surface area contributed by atoms with Gasteiger partial charge in [0.25, 0.3) is 5.91 Å². The van der Waals surface area contributed by atoms with E-state index in [0.29, 0.717) is 25.1 Å². The lowest BCUT2D eigenvalue weighted by molar-refractivity contribution is -0.117. The quantitative estimate of drug-likeness (QED) is 0.582. The molecule has 0 aromatic heterocycles. The van der Waals surface area contributed by atoms with Gasteiger partial charge in [-0.25, -0.2) is 4.39 Å². The third-order valence-electron chi connectivity index (χ3n) is 4.50. The number of hydrogen-bond acceptors (Lipinski definition) is 4. The lowest BCUT2D eigenvalue weighted by Crippen LogP contribution is -2.32. The number of carbonyl (C=O) groups excluding carboxylic acids is 2. The molecule has 0 radical (unpaired) electrons. The summed E-state index contributed by atoms with van der Waals surface area (Å²) in [7, 11) is 0. The molecular formula is C22H20FN3O2S. The Balaban J connectivity index is 1.84. The first-order valence-corrected chi connectivity index (χ1v) is 10.2. The van der Waals surface area contributed by atoms with Crippen molar-refractivity contribution in [2.45, 2.75) is 25.0 Å². The van der Waals surface area contributed by atoms with E-state index < -0.39 is 17.0 Å². The van der Waals surface area contributed by atoms with E-state index in [1.807, 2.05) is 43.3 Å². The maximum atomic E-state index is 13.3. The zero-order valence-corrected chi connectivity index (χ0v) is 16.7. The highest BCUT2D eigenvalue weighted by atomic mass is 32.2. The summed E-state index contributed by atoms with van der Waals surface area (Å²) >= 11 is 1.20. The summed E-state index contributed by atoms with van der Waals surface area (Å²) in [6.07, 6.45) is 1.19. The average Bonchev–Trinajstić information content (AvgIpc) is 3.06. The van der Waals surface area contributed by atoms with Crippen LogP contribution in [0.1, 0.15) is 18.9 Å². The average molecular weight is 409 g/mol. The van der Waals surface area contributed by atoms with Crippen LogP contribution in [0, 0.1) is 17.1 Å². The van der Waals surface area contributed by atoms with Crippen molar-refractivity contribution in [3.8, 4) is 6.07 Å². The summed E-state index contributed by atoms with van der Waals surface area (Å²) in [5.74, 6) is -1.17. The first-order chi connectivity index (χ1) is 14.0. The lowest BCUT2D eigenvalue weighted by Gasteiger charge is -2.18. The fourth-order valence-electron chi connectivity index (χ4n) is 2.99. The van der Waals surface area contributed by atoms with Gasteiger partial charge in [0.15, 0.2) is 0 Å². The molecule has 29 heavy (non-hydrogen) atoms. The molecule has 5 nitrogen and oxygen atoms in total. The molecule has 0 spiro atoms. The first kappa shape index (κ1) is 20.6. The van der Waals surface area contributed by atoms with E-state index in [0.717, 1.165) is 5.56 Å². The molecule has 1 N–H and O–H groups in total. The predicted octanol–water partition coefficient (Wildman–Crippen LogP) is 3.78. The van der Waals surface area contributed by atoms with E-state index in [-0.39, 0.29) is 16.5 Å². The van der Waals surface area contributed by atoms with Crippen LogP contribution in [0.4, 0.5) is 10.1 Å². The van der Waals surface area contributed by atoms with Gasteiger partial charge in [-0.05, 0) is 42.7 Å². The van der Waals surface area contributed by atoms with Crippen LogP contribution >= 0.6 is 11.8 Å². The molecular weight excluding hydrogens is 389 g/mol. The fourth-order valence-corrected chi connectivity index (χ4v) is 4.19. The molecule has 2 aromatic rings. The Bertz CT molecular complexity index is 968. The van der Waals surface area contributed by atoms with E-state index in [9.17, 15) is 19.2 Å². The number of benzene rings is 2. The zero-order valence-electron chi connectivity index (χ0n) is 15.9. The Morgan fingerprint density at radius 3 is 2.52 bits per heavy atom. The second-order valence-electron chi connectivity index (χ2n) is 6.45. The smallest absolute Gasteiger partial charge is 0.264 e. The minimum atomic E-state index is -0.525. The Morgan fingerprint density at radius 1 is 1.21 bits per heavy atom. The second kappa shape index (κ2) is 9.39. The largest absolute Gasteiger partial charge is 0.351 e. The lowest BCUT2D eigenvalue weighted by atomic mass is 10.1. The molecule has 3 rings (SSSR count). The summed E-state index contributed by atoms with van der Waals surface area (Å²) in [6, 6.07) is 17.1. The minimum Gasteiger partial charge on any atom is -0.351 e. The van der Waals surface area contributed by atoms with Crippen molar-refractivity contribution in [3.63, 3.8) is 0 Å². The normalized spacial score (nSPS) is 17.8. The van der Waals surface area contributed by atoms with E-state index in [1.54, 1.807) is 0 Å². The number of halogens is 1. The van der Waals surface area contributed by atoms with E-state index in [4.69, 9.17) is 0 Å². The standard InChI is InChI=1S/C22H20FN3O2S/c1-2-19-21(28)26(17-10-8-16(23)9-11-17)22(29-19)18(14-24)20(27)25-13-12-15-6-4-3-5-7-15/h3-11,19H,2,12-13H2,1H3,(H,25,27)/b22-18+/t19-/m0/s1. The van der Waals surface area contributed by atoms with Crippen molar-refractivity contribution in [1.29, 1.82) is 5.26 Å². The number of anilines is 1. The molecule has 2 amide bonds. The van der Waals surface area contributed by atoms with Crippen LogP contribution in [0.3, 0.4) is 0 Å². The fraction of sp³-hybridized carbons (Fsp3) is 0.227. The van der Waals surface area contributed by atoms with Gasteiger partial charge in [0, 0.05) is 12.2 Å². The Labute approximate surface area is 173 Å². The van der Waals surface area contributed by atoms with Crippen molar-refractivity contribution in [2.24, 2.45) is 0 Å². The molecule has 148 valence electrons. The maximum absolute atomic E-state index is 13.3. The molecule has 0 saturated carbocycles. The molecule has 1 saturated heterocycles. The maximum Gasteiger partial charge on any atom is 0.264 e. The van der Waals surface area contributed by atoms with E-state index in [2.05, 4.69) is 5.32 Å².